The summed E-state index contributed by atoms with van der Waals surface area (Å²) in [7, 11) is -0.963. The summed E-state index contributed by atoms with van der Waals surface area (Å²) < 4.78 is 69.6. The lowest BCUT2D eigenvalue weighted by Crippen LogP contribution is -2.35. The number of rotatable bonds is 12. The van der Waals surface area contributed by atoms with Crippen molar-refractivity contribution >= 4 is 55.5 Å². The molecule has 0 spiro atoms. The van der Waals surface area contributed by atoms with E-state index in [1.165, 1.54) is 43.1 Å². The molecule has 0 unspecified atom stereocenters. The van der Waals surface area contributed by atoms with Crippen molar-refractivity contribution in [1.82, 2.24) is 29.6 Å². The summed E-state index contributed by atoms with van der Waals surface area (Å²) in [5.74, 6) is -1.33. The van der Waals surface area contributed by atoms with Gasteiger partial charge >= 0.3 is 6.09 Å². The van der Waals surface area contributed by atoms with E-state index in [0.29, 0.717) is 17.4 Å². The Bertz CT molecular complexity index is 2530. The number of carbonyl (C=O) groups is 1. The fourth-order valence-corrected chi connectivity index (χ4v) is 7.08. The van der Waals surface area contributed by atoms with Crippen LogP contribution in [-0.2, 0) is 30.0 Å². The smallest absolute Gasteiger partial charge is 0.405 e. The van der Waals surface area contributed by atoms with Crippen LogP contribution in [0.1, 0.15) is 29.9 Å². The number of anilines is 1. The maximum atomic E-state index is 14.6. The molecule has 0 aliphatic heterocycles. The Balaban J connectivity index is 1.63. The summed E-state index contributed by atoms with van der Waals surface area (Å²) in [5.41, 5.74) is 0.153. The number of fused-ring (bicyclic) bond motifs is 2. The first kappa shape index (κ1) is 37.0. The number of hydrogen-bond acceptors (Lipinski definition) is 9. The first-order valence-electron chi connectivity index (χ1n) is 16.0. The molecule has 6 rings (SSSR count). The first-order valence-corrected chi connectivity index (χ1v) is 18.2. The van der Waals surface area contributed by atoms with E-state index in [1.807, 2.05) is 0 Å². The van der Waals surface area contributed by atoms with Gasteiger partial charge < -0.3 is 19.9 Å². The van der Waals surface area contributed by atoms with E-state index in [0.717, 1.165) is 27.3 Å². The number of sulfonamides is 1. The molecule has 0 radical (unpaired) electrons. The molecule has 6 aromatic rings. The molecule has 276 valence electrons. The van der Waals surface area contributed by atoms with Gasteiger partial charge in [0.25, 0.3) is 5.56 Å². The van der Waals surface area contributed by atoms with Crippen LogP contribution in [0.15, 0.2) is 71.5 Å². The number of amides is 1. The largest absolute Gasteiger partial charge is 0.497 e. The van der Waals surface area contributed by atoms with Gasteiger partial charge in [-0.15, -0.1) is 0 Å². The number of nitrogens with zero attached hydrogens (tertiary/aromatic N) is 6. The Morgan fingerprint density at radius 3 is 2.36 bits per heavy atom. The number of carboxylic acid groups (broad SMARTS) is 1. The molecule has 53 heavy (non-hydrogen) atoms. The molecule has 2 N–H and O–H groups in total. The molecule has 0 saturated carbocycles. The Labute approximate surface area is 306 Å². The Morgan fingerprint density at radius 1 is 1.04 bits per heavy atom. The van der Waals surface area contributed by atoms with E-state index in [4.69, 9.17) is 21.1 Å². The molecule has 0 aliphatic rings. The van der Waals surface area contributed by atoms with Gasteiger partial charge in [0.2, 0.25) is 15.9 Å². The number of aromatic nitrogens is 5. The van der Waals surface area contributed by atoms with Crippen molar-refractivity contribution in [3.05, 3.63) is 111 Å². The van der Waals surface area contributed by atoms with Gasteiger partial charge in [-0.3, -0.25) is 14.0 Å². The average Bonchev–Trinajstić information content (AvgIpc) is 3.43. The number of hydrogen-bond donors (Lipinski definition) is 2. The highest BCUT2D eigenvalue weighted by Gasteiger charge is 2.30. The zero-order chi connectivity index (χ0) is 38.2. The van der Waals surface area contributed by atoms with E-state index >= 15 is 0 Å². The third-order valence-corrected chi connectivity index (χ3v) is 9.67. The van der Waals surface area contributed by atoms with Crippen LogP contribution >= 0.6 is 11.6 Å². The topological polar surface area (TPSA) is 171 Å². The molecule has 1 atom stereocenters. The second-order valence-electron chi connectivity index (χ2n) is 11.9. The molecule has 14 nitrogen and oxygen atoms in total. The number of ether oxygens (including phenoxy) is 2. The maximum Gasteiger partial charge on any atom is 0.405 e. The zero-order valence-electron chi connectivity index (χ0n) is 28.7. The minimum absolute atomic E-state index is 0.0193. The SMILES string of the molecule is CCOc1ccc2c(=O)n(-c3ccc(Cl)c4c(N(Cc5ccc(OC)cc5)S(C)(=O)=O)nn(C)c34)c([C@H](Cc3cc(F)cc(F)c3)NC(=O)O)nc2n1. The molecular formula is C35H32ClF2N7O7S. The average molecular weight is 768 g/mol. The van der Waals surface area contributed by atoms with Crippen molar-refractivity contribution in [2.75, 3.05) is 24.3 Å². The van der Waals surface area contributed by atoms with Crippen LogP contribution < -0.4 is 24.7 Å². The normalized spacial score (nSPS) is 12.2. The van der Waals surface area contributed by atoms with Gasteiger partial charge in [-0.25, -0.2) is 31.3 Å². The summed E-state index contributed by atoms with van der Waals surface area (Å²) in [6.45, 7) is 1.86. The molecule has 1 amide bonds. The molecule has 0 fully saturated rings. The third kappa shape index (κ3) is 7.57. The minimum Gasteiger partial charge on any atom is -0.497 e. The van der Waals surface area contributed by atoms with Crippen LogP contribution in [0.25, 0.3) is 27.6 Å². The lowest BCUT2D eigenvalue weighted by molar-refractivity contribution is 0.189. The number of pyridine rings is 1. The zero-order valence-corrected chi connectivity index (χ0v) is 30.2. The van der Waals surface area contributed by atoms with Gasteiger partial charge in [0.05, 0.1) is 59.6 Å². The summed E-state index contributed by atoms with van der Waals surface area (Å²) in [5, 5.41) is 17.1. The molecule has 3 heterocycles. The predicted octanol–water partition coefficient (Wildman–Crippen LogP) is 5.52. The van der Waals surface area contributed by atoms with Crippen molar-refractivity contribution in [2.45, 2.75) is 25.9 Å². The maximum absolute atomic E-state index is 14.6. The minimum atomic E-state index is -4.00. The van der Waals surface area contributed by atoms with Gasteiger partial charge in [-0.1, -0.05) is 23.7 Å². The fraction of sp³-hybridized carbons (Fsp3) is 0.229. The summed E-state index contributed by atoms with van der Waals surface area (Å²) in [4.78, 5) is 35.8. The quantitative estimate of drug-likeness (QED) is 0.162. The van der Waals surface area contributed by atoms with Gasteiger partial charge in [-0.05, 0) is 60.5 Å². The van der Waals surface area contributed by atoms with Crippen molar-refractivity contribution in [3.63, 3.8) is 0 Å². The lowest BCUT2D eigenvalue weighted by atomic mass is 10.0. The molecule has 0 bridgehead atoms. The Kier molecular flexibility index (Phi) is 10.2. The number of nitrogens with one attached hydrogen (secondary N) is 1. The summed E-state index contributed by atoms with van der Waals surface area (Å²) in [6.07, 6.45) is -0.845. The molecule has 3 aromatic carbocycles. The van der Waals surface area contributed by atoms with E-state index in [1.54, 1.807) is 31.2 Å². The van der Waals surface area contributed by atoms with E-state index in [9.17, 15) is 31.9 Å². The Morgan fingerprint density at radius 2 is 1.74 bits per heavy atom. The molecule has 0 saturated heterocycles. The molecule has 18 heteroatoms. The van der Waals surface area contributed by atoms with Gasteiger partial charge in [-0.2, -0.15) is 10.1 Å². The van der Waals surface area contributed by atoms with E-state index in [2.05, 4.69) is 20.4 Å². The Hall–Kier alpha value is -5.81. The van der Waals surface area contributed by atoms with Crippen molar-refractivity contribution in [2.24, 2.45) is 7.05 Å². The van der Waals surface area contributed by atoms with Gasteiger partial charge in [0, 0.05) is 25.6 Å². The van der Waals surface area contributed by atoms with Crippen molar-refractivity contribution in [3.8, 4) is 17.3 Å². The number of halogens is 3. The highest BCUT2D eigenvalue weighted by molar-refractivity contribution is 7.92. The monoisotopic (exact) mass is 767 g/mol. The van der Waals surface area contributed by atoms with Crippen LogP contribution in [0.3, 0.4) is 0 Å². The van der Waals surface area contributed by atoms with Crippen LogP contribution in [0.5, 0.6) is 11.6 Å². The third-order valence-electron chi connectivity index (χ3n) is 8.26. The molecule has 3 aromatic heterocycles. The molecular weight excluding hydrogens is 736 g/mol. The van der Waals surface area contributed by atoms with Gasteiger partial charge in [0.15, 0.2) is 11.5 Å². The first-order chi connectivity index (χ1) is 25.2. The van der Waals surface area contributed by atoms with E-state index in [-0.39, 0.29) is 75.3 Å². The highest BCUT2D eigenvalue weighted by Crippen LogP contribution is 2.38. The second kappa shape index (κ2) is 14.7. The second-order valence-corrected chi connectivity index (χ2v) is 14.2. The number of aryl methyl sites for hydroxylation is 1. The predicted molar refractivity (Wildman–Crippen MR) is 194 cm³/mol. The standard InChI is InChI=1S/C35H32ClF2N7O7S/c1-5-52-28-13-10-24-31(40-28)41-32(26(39-35(47)48)16-20-14-21(37)17-22(38)15-20)45(34(24)46)27-12-11-25(36)29-30(27)43(2)42-33(29)44(53(4,49)50)18-19-6-8-23(51-3)9-7-19/h6-15,17,26,39H,5,16,18H2,1-4H3,(H,47,48)/t26-/m0/s1. The van der Waals surface area contributed by atoms with Crippen LogP contribution in [0.4, 0.5) is 19.4 Å². The molecule has 0 aliphatic carbocycles. The number of methoxy groups -OCH3 is 1. The van der Waals surface area contributed by atoms with Gasteiger partial charge in [0.1, 0.15) is 23.2 Å². The van der Waals surface area contributed by atoms with Crippen molar-refractivity contribution in [1.29, 1.82) is 0 Å². The summed E-state index contributed by atoms with van der Waals surface area (Å²) in [6, 6.07) is 14.0. The van der Waals surface area contributed by atoms with Crippen molar-refractivity contribution < 1.29 is 36.6 Å². The van der Waals surface area contributed by atoms with Crippen LogP contribution in [0, 0.1) is 11.6 Å². The van der Waals surface area contributed by atoms with Crippen LogP contribution in [0.2, 0.25) is 5.02 Å². The van der Waals surface area contributed by atoms with E-state index < -0.39 is 39.4 Å². The summed E-state index contributed by atoms with van der Waals surface area (Å²) >= 11 is 6.78. The van der Waals surface area contributed by atoms with Crippen LogP contribution in [-0.4, -0.2) is 63.9 Å². The number of benzene rings is 3. The fourth-order valence-electron chi connectivity index (χ4n) is 6.02. The highest BCUT2D eigenvalue weighted by atomic mass is 35.5. The lowest BCUT2D eigenvalue weighted by Gasteiger charge is -2.23.